The van der Waals surface area contributed by atoms with Crippen molar-refractivity contribution in [2.75, 3.05) is 19.7 Å². The lowest BCUT2D eigenvalue weighted by Crippen LogP contribution is -2.55. The Labute approximate surface area is 106 Å². The summed E-state index contributed by atoms with van der Waals surface area (Å²) in [4.78, 5) is 24.5. The number of carbonyl (C=O) groups excluding carboxylic acids is 1. The number of amides is 2. The molecule has 2 aliphatic rings. The third-order valence-electron chi connectivity index (χ3n) is 3.72. The number of morpholine rings is 1. The maximum Gasteiger partial charge on any atom is 0.317 e. The Bertz CT molecular complexity index is 334. The van der Waals surface area contributed by atoms with Crippen molar-refractivity contribution in [1.29, 1.82) is 0 Å². The van der Waals surface area contributed by atoms with Crippen molar-refractivity contribution in [3.63, 3.8) is 0 Å². The number of hydrogen-bond donors (Lipinski definition) is 2. The molecule has 6 nitrogen and oxygen atoms in total. The highest BCUT2D eigenvalue weighted by atomic mass is 16.5. The van der Waals surface area contributed by atoms with Crippen LogP contribution in [0.25, 0.3) is 0 Å². The van der Waals surface area contributed by atoms with Gasteiger partial charge in [-0.2, -0.15) is 0 Å². The molecule has 0 spiro atoms. The second kappa shape index (κ2) is 5.56. The van der Waals surface area contributed by atoms with Crippen molar-refractivity contribution in [3.05, 3.63) is 0 Å². The lowest BCUT2D eigenvalue weighted by Gasteiger charge is -2.37. The molecule has 2 rings (SSSR count). The average Bonchev–Trinajstić information content (AvgIpc) is 2.83. The van der Waals surface area contributed by atoms with Gasteiger partial charge in [0.05, 0.1) is 24.7 Å². The van der Waals surface area contributed by atoms with E-state index < -0.39 is 11.9 Å². The largest absolute Gasteiger partial charge is 0.481 e. The molecule has 18 heavy (non-hydrogen) atoms. The predicted molar refractivity (Wildman–Crippen MR) is 64.3 cm³/mol. The number of ether oxygens (including phenoxy) is 1. The van der Waals surface area contributed by atoms with Gasteiger partial charge in [-0.05, 0) is 19.3 Å². The number of carboxylic acids is 1. The fourth-order valence-electron chi connectivity index (χ4n) is 2.61. The standard InChI is InChI=1S/C12H20N2O4/c1-8(11(15)16)7-13-12(17)14-5-6-18-10-4-2-3-9(10)14/h8-10H,2-7H2,1H3,(H,13,17)(H,15,16). The van der Waals surface area contributed by atoms with Gasteiger partial charge < -0.3 is 20.1 Å². The van der Waals surface area contributed by atoms with E-state index in [1.165, 1.54) is 0 Å². The lowest BCUT2D eigenvalue weighted by atomic mass is 10.1. The zero-order chi connectivity index (χ0) is 13.1. The van der Waals surface area contributed by atoms with Gasteiger partial charge in [0.15, 0.2) is 0 Å². The summed E-state index contributed by atoms with van der Waals surface area (Å²) >= 11 is 0. The van der Waals surface area contributed by atoms with Crippen molar-refractivity contribution < 1.29 is 19.4 Å². The van der Waals surface area contributed by atoms with Gasteiger partial charge in [-0.1, -0.05) is 6.92 Å². The summed E-state index contributed by atoms with van der Waals surface area (Å²) in [6.07, 6.45) is 3.25. The number of carboxylic acid groups (broad SMARTS) is 1. The van der Waals surface area contributed by atoms with Crippen LogP contribution < -0.4 is 5.32 Å². The lowest BCUT2D eigenvalue weighted by molar-refractivity contribution is -0.140. The molecule has 0 aromatic carbocycles. The van der Waals surface area contributed by atoms with E-state index in [0.717, 1.165) is 19.3 Å². The normalized spacial score (nSPS) is 28.6. The second-order valence-electron chi connectivity index (χ2n) is 5.03. The summed E-state index contributed by atoms with van der Waals surface area (Å²) in [5, 5.41) is 11.5. The van der Waals surface area contributed by atoms with E-state index in [4.69, 9.17) is 9.84 Å². The number of rotatable bonds is 3. The predicted octanol–water partition coefficient (Wildman–Crippen LogP) is 0.670. The van der Waals surface area contributed by atoms with Crippen molar-refractivity contribution >= 4 is 12.0 Å². The fourth-order valence-corrected chi connectivity index (χ4v) is 2.61. The summed E-state index contributed by atoms with van der Waals surface area (Å²) < 4.78 is 5.63. The highest BCUT2D eigenvalue weighted by Gasteiger charge is 2.38. The Morgan fingerprint density at radius 1 is 1.50 bits per heavy atom. The molecule has 0 aromatic rings. The van der Waals surface area contributed by atoms with Crippen LogP contribution >= 0.6 is 0 Å². The Kier molecular flexibility index (Phi) is 4.06. The molecular weight excluding hydrogens is 236 g/mol. The molecule has 102 valence electrons. The molecule has 1 heterocycles. The minimum atomic E-state index is -0.893. The maximum absolute atomic E-state index is 12.0. The molecule has 2 amide bonds. The van der Waals surface area contributed by atoms with Crippen LogP contribution in [0.4, 0.5) is 4.79 Å². The third kappa shape index (κ3) is 2.75. The monoisotopic (exact) mass is 256 g/mol. The molecule has 0 radical (unpaired) electrons. The highest BCUT2D eigenvalue weighted by molar-refractivity contribution is 5.76. The molecule has 0 bridgehead atoms. The minimum absolute atomic E-state index is 0.164. The molecule has 2 N–H and O–H groups in total. The summed E-state index contributed by atoms with van der Waals surface area (Å²) in [6.45, 7) is 2.92. The van der Waals surface area contributed by atoms with Crippen LogP contribution in [0.5, 0.6) is 0 Å². The number of carbonyl (C=O) groups is 2. The van der Waals surface area contributed by atoms with E-state index in [1.54, 1.807) is 11.8 Å². The van der Waals surface area contributed by atoms with Gasteiger partial charge in [-0.15, -0.1) is 0 Å². The third-order valence-corrected chi connectivity index (χ3v) is 3.72. The first-order valence-corrected chi connectivity index (χ1v) is 6.48. The zero-order valence-electron chi connectivity index (χ0n) is 10.6. The summed E-state index contributed by atoms with van der Waals surface area (Å²) in [5.41, 5.74) is 0. The van der Waals surface area contributed by atoms with Gasteiger partial charge in [0.1, 0.15) is 0 Å². The second-order valence-corrected chi connectivity index (χ2v) is 5.03. The summed E-state index contributed by atoms with van der Waals surface area (Å²) in [5.74, 6) is -1.45. The van der Waals surface area contributed by atoms with E-state index in [9.17, 15) is 9.59 Å². The average molecular weight is 256 g/mol. The van der Waals surface area contributed by atoms with Crippen molar-refractivity contribution in [1.82, 2.24) is 10.2 Å². The Hall–Kier alpha value is -1.30. The number of nitrogens with zero attached hydrogens (tertiary/aromatic N) is 1. The smallest absolute Gasteiger partial charge is 0.317 e. The number of fused-ring (bicyclic) bond motifs is 1. The van der Waals surface area contributed by atoms with Gasteiger partial charge >= 0.3 is 12.0 Å². The van der Waals surface area contributed by atoms with Crippen molar-refractivity contribution in [3.8, 4) is 0 Å². The summed E-state index contributed by atoms with van der Waals surface area (Å²) in [7, 11) is 0. The molecule has 1 aliphatic carbocycles. The first-order chi connectivity index (χ1) is 8.59. The van der Waals surface area contributed by atoms with E-state index in [-0.39, 0.29) is 24.7 Å². The molecule has 1 aliphatic heterocycles. The van der Waals surface area contributed by atoms with E-state index in [2.05, 4.69) is 5.32 Å². The minimum Gasteiger partial charge on any atom is -0.481 e. The Morgan fingerprint density at radius 2 is 2.28 bits per heavy atom. The van der Waals surface area contributed by atoms with Crippen molar-refractivity contribution in [2.24, 2.45) is 5.92 Å². The van der Waals surface area contributed by atoms with Crippen LogP contribution in [-0.2, 0) is 9.53 Å². The van der Waals surface area contributed by atoms with E-state index in [1.807, 2.05) is 0 Å². The Morgan fingerprint density at radius 3 is 3.00 bits per heavy atom. The van der Waals surface area contributed by atoms with E-state index in [0.29, 0.717) is 13.2 Å². The van der Waals surface area contributed by atoms with Crippen molar-refractivity contribution in [2.45, 2.75) is 38.3 Å². The number of urea groups is 1. The molecule has 1 saturated heterocycles. The topological polar surface area (TPSA) is 78.9 Å². The molecule has 1 saturated carbocycles. The van der Waals surface area contributed by atoms with Gasteiger partial charge in [-0.25, -0.2) is 4.79 Å². The van der Waals surface area contributed by atoms with Crippen LogP contribution in [0.15, 0.2) is 0 Å². The number of hydrogen-bond acceptors (Lipinski definition) is 3. The van der Waals surface area contributed by atoms with Crippen LogP contribution in [0.2, 0.25) is 0 Å². The van der Waals surface area contributed by atoms with Crippen LogP contribution in [-0.4, -0.2) is 53.8 Å². The fraction of sp³-hybridized carbons (Fsp3) is 0.833. The molecular formula is C12H20N2O4. The van der Waals surface area contributed by atoms with Crippen LogP contribution in [0, 0.1) is 5.92 Å². The quantitative estimate of drug-likeness (QED) is 0.778. The van der Waals surface area contributed by atoms with Gasteiger partial charge in [-0.3, -0.25) is 4.79 Å². The zero-order valence-corrected chi connectivity index (χ0v) is 10.6. The first-order valence-electron chi connectivity index (χ1n) is 6.48. The van der Waals surface area contributed by atoms with Crippen LogP contribution in [0.1, 0.15) is 26.2 Å². The summed E-state index contributed by atoms with van der Waals surface area (Å²) in [6, 6.07) is 0.00202. The Balaban J connectivity index is 1.86. The highest BCUT2D eigenvalue weighted by Crippen LogP contribution is 2.29. The first kappa shape index (κ1) is 13.1. The molecule has 6 heteroatoms. The molecule has 0 aromatic heterocycles. The van der Waals surface area contributed by atoms with Crippen LogP contribution in [0.3, 0.4) is 0 Å². The molecule has 3 unspecified atom stereocenters. The SMILES string of the molecule is CC(CNC(=O)N1CCOC2CCCC21)C(=O)O. The maximum atomic E-state index is 12.0. The number of aliphatic carboxylic acids is 1. The number of nitrogens with one attached hydrogen (secondary N) is 1. The van der Waals surface area contributed by atoms with Gasteiger partial charge in [0, 0.05) is 13.1 Å². The molecule has 3 atom stereocenters. The van der Waals surface area contributed by atoms with Gasteiger partial charge in [0.2, 0.25) is 0 Å². The van der Waals surface area contributed by atoms with Gasteiger partial charge in [0.25, 0.3) is 0 Å². The van der Waals surface area contributed by atoms with E-state index >= 15 is 0 Å². The molecule has 2 fully saturated rings.